The molecule has 1 saturated heterocycles. The molecular formula is C29H34N2O2. The molecule has 1 aliphatic rings. The van der Waals surface area contributed by atoms with Crippen LogP contribution in [0.5, 0.6) is 5.75 Å². The number of carbonyl (C=O) groups is 1. The van der Waals surface area contributed by atoms with Crippen molar-refractivity contribution < 1.29 is 9.53 Å². The third-order valence-corrected chi connectivity index (χ3v) is 6.32. The average molecular weight is 443 g/mol. The van der Waals surface area contributed by atoms with Crippen molar-refractivity contribution in [1.82, 2.24) is 9.80 Å². The predicted molar refractivity (Wildman–Crippen MR) is 134 cm³/mol. The van der Waals surface area contributed by atoms with Crippen LogP contribution in [-0.2, 0) is 0 Å². The molecule has 0 saturated carbocycles. The summed E-state index contributed by atoms with van der Waals surface area (Å²) in [6, 6.07) is 29.2. The zero-order valence-electron chi connectivity index (χ0n) is 19.5. The fraction of sp³-hybridized carbons (Fsp3) is 0.345. The van der Waals surface area contributed by atoms with Crippen molar-refractivity contribution in [3.63, 3.8) is 0 Å². The first-order chi connectivity index (χ1) is 16.3. The van der Waals surface area contributed by atoms with Crippen LogP contribution in [0.1, 0.15) is 53.7 Å². The number of benzene rings is 3. The van der Waals surface area contributed by atoms with Crippen LogP contribution in [0.25, 0.3) is 0 Å². The van der Waals surface area contributed by atoms with Gasteiger partial charge in [0.15, 0.2) is 0 Å². The van der Waals surface area contributed by atoms with Gasteiger partial charge in [-0.05, 0) is 29.7 Å². The van der Waals surface area contributed by atoms with Crippen molar-refractivity contribution in [2.75, 3.05) is 32.8 Å². The standard InChI is InChI=1S/C29H34N2O2/c1-2-3-12-23-33-27-18-11-10-17-26(27)29(32)31-21-19-30(20-22-31)28(24-13-6-4-7-14-24)25-15-8-5-9-16-25/h4-11,13-18,28H,2-3,12,19-23H2,1H3. The van der Waals surface area contributed by atoms with Crippen LogP contribution in [0.15, 0.2) is 84.9 Å². The summed E-state index contributed by atoms with van der Waals surface area (Å²) in [6.07, 6.45) is 3.31. The monoisotopic (exact) mass is 442 g/mol. The molecule has 0 unspecified atom stereocenters. The summed E-state index contributed by atoms with van der Waals surface area (Å²) >= 11 is 0. The van der Waals surface area contributed by atoms with Gasteiger partial charge in [0.25, 0.3) is 5.91 Å². The lowest BCUT2D eigenvalue weighted by Gasteiger charge is -2.40. The number of hydrogen-bond acceptors (Lipinski definition) is 3. The van der Waals surface area contributed by atoms with Crippen molar-refractivity contribution in [2.24, 2.45) is 0 Å². The van der Waals surface area contributed by atoms with Gasteiger partial charge in [-0.2, -0.15) is 0 Å². The second-order valence-electron chi connectivity index (χ2n) is 8.60. The second-order valence-corrected chi connectivity index (χ2v) is 8.60. The summed E-state index contributed by atoms with van der Waals surface area (Å²) < 4.78 is 5.97. The predicted octanol–water partition coefficient (Wildman–Crippen LogP) is 5.80. The largest absolute Gasteiger partial charge is 0.493 e. The number of hydrogen-bond donors (Lipinski definition) is 0. The number of unbranched alkanes of at least 4 members (excludes halogenated alkanes) is 2. The van der Waals surface area contributed by atoms with Crippen LogP contribution in [0.3, 0.4) is 0 Å². The Morgan fingerprint density at radius 2 is 1.36 bits per heavy atom. The molecule has 1 heterocycles. The van der Waals surface area contributed by atoms with Gasteiger partial charge in [-0.3, -0.25) is 9.69 Å². The number of para-hydroxylation sites is 1. The minimum atomic E-state index is 0.0664. The van der Waals surface area contributed by atoms with E-state index >= 15 is 0 Å². The van der Waals surface area contributed by atoms with Gasteiger partial charge < -0.3 is 9.64 Å². The maximum absolute atomic E-state index is 13.4. The first-order valence-corrected chi connectivity index (χ1v) is 12.1. The van der Waals surface area contributed by atoms with Crippen molar-refractivity contribution in [2.45, 2.75) is 32.2 Å². The van der Waals surface area contributed by atoms with E-state index < -0.39 is 0 Å². The normalized spacial score (nSPS) is 14.4. The van der Waals surface area contributed by atoms with E-state index in [1.54, 1.807) is 0 Å². The summed E-state index contributed by atoms with van der Waals surface area (Å²) in [7, 11) is 0. The lowest BCUT2D eigenvalue weighted by Crippen LogP contribution is -2.49. The van der Waals surface area contributed by atoms with Crippen LogP contribution < -0.4 is 4.74 Å². The molecule has 0 aliphatic carbocycles. The molecule has 33 heavy (non-hydrogen) atoms. The molecule has 1 fully saturated rings. The number of nitrogens with zero attached hydrogens (tertiary/aromatic N) is 2. The molecule has 0 spiro atoms. The Kier molecular flexibility index (Phi) is 8.15. The number of ether oxygens (including phenoxy) is 1. The molecule has 4 heteroatoms. The summed E-state index contributed by atoms with van der Waals surface area (Å²) in [5.41, 5.74) is 3.24. The molecule has 3 aromatic rings. The summed E-state index contributed by atoms with van der Waals surface area (Å²) in [5, 5.41) is 0. The molecular weight excluding hydrogens is 408 g/mol. The molecule has 0 atom stereocenters. The zero-order valence-corrected chi connectivity index (χ0v) is 19.5. The maximum atomic E-state index is 13.4. The fourth-order valence-electron chi connectivity index (χ4n) is 4.54. The topological polar surface area (TPSA) is 32.8 Å². The van der Waals surface area contributed by atoms with E-state index in [0.717, 1.165) is 32.4 Å². The Morgan fingerprint density at radius 1 is 0.788 bits per heavy atom. The summed E-state index contributed by atoms with van der Waals surface area (Å²) in [5.74, 6) is 0.768. The van der Waals surface area contributed by atoms with Crippen molar-refractivity contribution in [1.29, 1.82) is 0 Å². The molecule has 0 bridgehead atoms. The molecule has 3 aromatic carbocycles. The van der Waals surface area contributed by atoms with Crippen LogP contribution in [-0.4, -0.2) is 48.5 Å². The number of rotatable bonds is 9. The minimum Gasteiger partial charge on any atom is -0.493 e. The SMILES string of the molecule is CCCCCOc1ccccc1C(=O)N1CCN(C(c2ccccc2)c2ccccc2)CC1. The molecule has 0 radical (unpaired) electrons. The highest BCUT2D eigenvalue weighted by Gasteiger charge is 2.29. The number of piperazine rings is 1. The first kappa shape index (κ1) is 23.1. The van der Waals surface area contributed by atoms with E-state index in [2.05, 4.69) is 72.5 Å². The summed E-state index contributed by atoms with van der Waals surface area (Å²) in [4.78, 5) is 17.8. The van der Waals surface area contributed by atoms with Crippen molar-refractivity contribution in [3.05, 3.63) is 102 Å². The summed E-state index contributed by atoms with van der Waals surface area (Å²) in [6.45, 7) is 5.91. The van der Waals surface area contributed by atoms with Crippen molar-refractivity contribution >= 4 is 5.91 Å². The Labute approximate surface area is 197 Å². The van der Waals surface area contributed by atoms with Gasteiger partial charge in [0, 0.05) is 26.2 Å². The molecule has 1 aliphatic heterocycles. The highest BCUT2D eigenvalue weighted by Crippen LogP contribution is 2.30. The molecule has 0 N–H and O–H groups in total. The third-order valence-electron chi connectivity index (χ3n) is 6.32. The van der Waals surface area contributed by atoms with E-state index in [1.165, 1.54) is 11.1 Å². The smallest absolute Gasteiger partial charge is 0.257 e. The molecule has 1 amide bonds. The van der Waals surface area contributed by atoms with Gasteiger partial charge in [0.2, 0.25) is 0 Å². The first-order valence-electron chi connectivity index (χ1n) is 12.1. The third kappa shape index (κ3) is 5.82. The second kappa shape index (κ2) is 11.7. The van der Waals surface area contributed by atoms with Gasteiger partial charge in [-0.25, -0.2) is 0 Å². The van der Waals surface area contributed by atoms with E-state index in [0.29, 0.717) is 31.0 Å². The number of carbonyl (C=O) groups excluding carboxylic acids is 1. The molecule has 4 nitrogen and oxygen atoms in total. The maximum Gasteiger partial charge on any atom is 0.257 e. The van der Waals surface area contributed by atoms with E-state index in [4.69, 9.17) is 4.74 Å². The Bertz CT molecular complexity index is 959. The highest BCUT2D eigenvalue weighted by atomic mass is 16.5. The lowest BCUT2D eigenvalue weighted by molar-refractivity contribution is 0.0593. The van der Waals surface area contributed by atoms with Gasteiger partial charge >= 0.3 is 0 Å². The van der Waals surface area contributed by atoms with E-state index in [9.17, 15) is 4.79 Å². The van der Waals surface area contributed by atoms with Crippen LogP contribution in [0.2, 0.25) is 0 Å². The van der Waals surface area contributed by atoms with Gasteiger partial charge in [-0.15, -0.1) is 0 Å². The average Bonchev–Trinajstić information content (AvgIpc) is 2.88. The van der Waals surface area contributed by atoms with Gasteiger partial charge in [-0.1, -0.05) is 92.6 Å². The lowest BCUT2D eigenvalue weighted by atomic mass is 9.96. The van der Waals surface area contributed by atoms with Crippen molar-refractivity contribution in [3.8, 4) is 5.75 Å². The molecule has 0 aromatic heterocycles. The van der Waals surface area contributed by atoms with E-state index in [-0.39, 0.29) is 11.9 Å². The van der Waals surface area contributed by atoms with Crippen LogP contribution >= 0.6 is 0 Å². The minimum absolute atomic E-state index is 0.0664. The Hall–Kier alpha value is -3.11. The fourth-order valence-corrected chi connectivity index (χ4v) is 4.54. The number of amides is 1. The van der Waals surface area contributed by atoms with Gasteiger partial charge in [0.05, 0.1) is 18.2 Å². The Balaban J connectivity index is 1.44. The zero-order chi connectivity index (χ0) is 22.9. The molecule has 172 valence electrons. The highest BCUT2D eigenvalue weighted by molar-refractivity contribution is 5.97. The Morgan fingerprint density at radius 3 is 1.97 bits per heavy atom. The van der Waals surface area contributed by atoms with Crippen LogP contribution in [0, 0.1) is 0 Å². The quantitative estimate of drug-likeness (QED) is 0.393. The molecule has 4 rings (SSSR count). The van der Waals surface area contributed by atoms with E-state index in [1.807, 2.05) is 29.2 Å². The van der Waals surface area contributed by atoms with Crippen LogP contribution in [0.4, 0.5) is 0 Å². The van der Waals surface area contributed by atoms with Gasteiger partial charge in [0.1, 0.15) is 5.75 Å².